The van der Waals surface area contributed by atoms with Crippen LogP contribution in [0.1, 0.15) is 62.6 Å². The van der Waals surface area contributed by atoms with E-state index in [2.05, 4.69) is 13.0 Å². The van der Waals surface area contributed by atoms with E-state index in [4.69, 9.17) is 4.74 Å². The molecule has 0 radical (unpaired) electrons. The zero-order valence-electron chi connectivity index (χ0n) is 15.9. The quantitative estimate of drug-likeness (QED) is 0.617. The number of hydrogen-bond acceptors (Lipinski definition) is 4. The SMILES string of the molecule is CC(CCCC(C)(C)O)c1cccc(Oc2ccc(CO)c(CO)c2)c1. The monoisotopic (exact) mass is 358 g/mol. The third-order valence-electron chi connectivity index (χ3n) is 4.61. The first-order valence-electron chi connectivity index (χ1n) is 9.16. The molecule has 2 rings (SSSR count). The van der Waals surface area contributed by atoms with E-state index in [0.29, 0.717) is 22.8 Å². The molecule has 0 fully saturated rings. The van der Waals surface area contributed by atoms with Crippen molar-refractivity contribution in [1.29, 1.82) is 0 Å². The molecule has 142 valence electrons. The van der Waals surface area contributed by atoms with Crippen molar-refractivity contribution >= 4 is 0 Å². The van der Waals surface area contributed by atoms with Crippen LogP contribution in [0.2, 0.25) is 0 Å². The Bertz CT molecular complexity index is 704. The molecule has 3 N–H and O–H groups in total. The second kappa shape index (κ2) is 9.17. The van der Waals surface area contributed by atoms with E-state index in [1.165, 1.54) is 5.56 Å². The summed E-state index contributed by atoms with van der Waals surface area (Å²) in [6.45, 7) is 5.63. The lowest BCUT2D eigenvalue weighted by Gasteiger charge is -2.19. The Morgan fingerprint density at radius 2 is 1.65 bits per heavy atom. The number of rotatable bonds is 9. The zero-order chi connectivity index (χ0) is 19.2. The summed E-state index contributed by atoms with van der Waals surface area (Å²) in [7, 11) is 0. The lowest BCUT2D eigenvalue weighted by molar-refractivity contribution is 0.0678. The van der Waals surface area contributed by atoms with Crippen molar-refractivity contribution < 1.29 is 20.1 Å². The molecular weight excluding hydrogens is 328 g/mol. The van der Waals surface area contributed by atoms with Gasteiger partial charge in [-0.05, 0) is 73.6 Å². The minimum atomic E-state index is -0.615. The molecule has 0 amide bonds. The number of benzene rings is 2. The molecule has 26 heavy (non-hydrogen) atoms. The Labute approximate surface area is 156 Å². The van der Waals surface area contributed by atoms with Crippen LogP contribution in [0.5, 0.6) is 11.5 Å². The van der Waals surface area contributed by atoms with Crippen LogP contribution in [0.25, 0.3) is 0 Å². The van der Waals surface area contributed by atoms with Crippen LogP contribution >= 0.6 is 0 Å². The van der Waals surface area contributed by atoms with Gasteiger partial charge in [0.15, 0.2) is 0 Å². The smallest absolute Gasteiger partial charge is 0.127 e. The Morgan fingerprint density at radius 1 is 0.962 bits per heavy atom. The third-order valence-corrected chi connectivity index (χ3v) is 4.61. The van der Waals surface area contributed by atoms with E-state index in [-0.39, 0.29) is 13.2 Å². The van der Waals surface area contributed by atoms with E-state index in [1.54, 1.807) is 18.2 Å². The molecule has 1 atom stereocenters. The molecule has 0 aliphatic carbocycles. The highest BCUT2D eigenvalue weighted by Crippen LogP contribution is 2.29. The van der Waals surface area contributed by atoms with Crippen molar-refractivity contribution in [3.8, 4) is 11.5 Å². The molecule has 0 aliphatic rings. The van der Waals surface area contributed by atoms with E-state index >= 15 is 0 Å². The Hall–Kier alpha value is -1.88. The average Bonchev–Trinajstić information content (AvgIpc) is 2.60. The molecule has 2 aromatic rings. The van der Waals surface area contributed by atoms with Crippen LogP contribution in [0.4, 0.5) is 0 Å². The first kappa shape index (κ1) is 20.4. The second-order valence-corrected chi connectivity index (χ2v) is 7.53. The van der Waals surface area contributed by atoms with Gasteiger partial charge in [0.05, 0.1) is 18.8 Å². The van der Waals surface area contributed by atoms with Crippen molar-refractivity contribution in [2.45, 2.75) is 64.8 Å². The van der Waals surface area contributed by atoms with Gasteiger partial charge in [-0.25, -0.2) is 0 Å². The molecular formula is C22H30O4. The van der Waals surface area contributed by atoms with Crippen LogP contribution in [-0.2, 0) is 13.2 Å². The Kier molecular flexibility index (Phi) is 7.21. The molecule has 4 heteroatoms. The fraction of sp³-hybridized carbons (Fsp3) is 0.455. The van der Waals surface area contributed by atoms with Crippen LogP contribution in [-0.4, -0.2) is 20.9 Å². The average molecular weight is 358 g/mol. The van der Waals surface area contributed by atoms with E-state index in [1.807, 2.05) is 32.0 Å². The largest absolute Gasteiger partial charge is 0.457 e. The van der Waals surface area contributed by atoms with Crippen LogP contribution in [0, 0.1) is 0 Å². The van der Waals surface area contributed by atoms with Crippen molar-refractivity contribution in [1.82, 2.24) is 0 Å². The summed E-state index contributed by atoms with van der Waals surface area (Å²) in [6.07, 6.45) is 2.76. The van der Waals surface area contributed by atoms with Gasteiger partial charge < -0.3 is 20.1 Å². The maximum Gasteiger partial charge on any atom is 0.127 e. The summed E-state index contributed by atoms with van der Waals surface area (Å²) in [5.41, 5.74) is 1.96. The highest BCUT2D eigenvalue weighted by Gasteiger charge is 2.14. The minimum Gasteiger partial charge on any atom is -0.457 e. The molecule has 4 nitrogen and oxygen atoms in total. The standard InChI is InChI=1S/C22H30O4/c1-16(6-5-11-22(2,3)25)17-7-4-8-20(12-17)26-21-10-9-18(14-23)19(13-21)15-24/h4,7-10,12-13,16,23-25H,5-6,11,14-15H2,1-3H3. The van der Waals surface area contributed by atoms with Gasteiger partial charge in [-0.1, -0.05) is 31.5 Å². The van der Waals surface area contributed by atoms with Crippen molar-refractivity contribution in [2.24, 2.45) is 0 Å². The number of aliphatic hydroxyl groups excluding tert-OH is 2. The highest BCUT2D eigenvalue weighted by atomic mass is 16.5. The molecule has 0 saturated heterocycles. The maximum atomic E-state index is 9.84. The molecule has 1 unspecified atom stereocenters. The second-order valence-electron chi connectivity index (χ2n) is 7.53. The fourth-order valence-electron chi connectivity index (χ4n) is 3.00. The highest BCUT2D eigenvalue weighted by molar-refractivity contribution is 5.39. The van der Waals surface area contributed by atoms with Crippen molar-refractivity contribution in [3.05, 3.63) is 59.2 Å². The number of aliphatic hydroxyl groups is 3. The normalized spacial score (nSPS) is 12.8. The lowest BCUT2D eigenvalue weighted by atomic mass is 9.92. The fourth-order valence-corrected chi connectivity index (χ4v) is 3.00. The minimum absolute atomic E-state index is 0.103. The van der Waals surface area contributed by atoms with E-state index < -0.39 is 5.60 Å². The molecule has 0 spiro atoms. The van der Waals surface area contributed by atoms with Crippen molar-refractivity contribution in [3.63, 3.8) is 0 Å². The molecule has 2 aromatic carbocycles. The summed E-state index contributed by atoms with van der Waals surface area (Å²) in [6, 6.07) is 13.3. The molecule has 0 heterocycles. The van der Waals surface area contributed by atoms with Gasteiger partial charge in [0.2, 0.25) is 0 Å². The van der Waals surface area contributed by atoms with Crippen LogP contribution < -0.4 is 4.74 Å². The van der Waals surface area contributed by atoms with Gasteiger partial charge in [-0.15, -0.1) is 0 Å². The van der Waals surface area contributed by atoms with Gasteiger partial charge >= 0.3 is 0 Å². The molecule has 0 saturated carbocycles. The van der Waals surface area contributed by atoms with Crippen molar-refractivity contribution in [2.75, 3.05) is 0 Å². The summed E-state index contributed by atoms with van der Waals surface area (Å²) < 4.78 is 5.94. The maximum absolute atomic E-state index is 9.84. The number of ether oxygens (including phenoxy) is 1. The molecule has 0 aromatic heterocycles. The number of hydrogen-bond donors (Lipinski definition) is 3. The molecule has 0 bridgehead atoms. The van der Waals surface area contributed by atoms with Crippen LogP contribution in [0.3, 0.4) is 0 Å². The first-order valence-corrected chi connectivity index (χ1v) is 9.16. The summed E-state index contributed by atoms with van der Waals surface area (Å²) in [5.74, 6) is 1.77. The van der Waals surface area contributed by atoms with E-state index in [9.17, 15) is 15.3 Å². The summed E-state index contributed by atoms with van der Waals surface area (Å²) in [4.78, 5) is 0. The van der Waals surface area contributed by atoms with Gasteiger partial charge in [-0.3, -0.25) is 0 Å². The van der Waals surface area contributed by atoms with Gasteiger partial charge in [0.1, 0.15) is 11.5 Å². The predicted molar refractivity (Wildman–Crippen MR) is 103 cm³/mol. The predicted octanol–water partition coefficient (Wildman–Crippen LogP) is 4.51. The topological polar surface area (TPSA) is 69.9 Å². The van der Waals surface area contributed by atoms with E-state index in [0.717, 1.165) is 25.0 Å². The summed E-state index contributed by atoms with van der Waals surface area (Å²) in [5, 5.41) is 28.5. The zero-order valence-corrected chi connectivity index (χ0v) is 15.9. The van der Waals surface area contributed by atoms with Crippen LogP contribution in [0.15, 0.2) is 42.5 Å². The summed E-state index contributed by atoms with van der Waals surface area (Å²) >= 11 is 0. The first-order chi connectivity index (χ1) is 12.3. The Morgan fingerprint density at radius 3 is 2.31 bits per heavy atom. The van der Waals surface area contributed by atoms with Gasteiger partial charge in [0, 0.05) is 0 Å². The van der Waals surface area contributed by atoms with Gasteiger partial charge in [0.25, 0.3) is 0 Å². The third kappa shape index (κ3) is 6.13. The van der Waals surface area contributed by atoms with Gasteiger partial charge in [-0.2, -0.15) is 0 Å². The lowest BCUT2D eigenvalue weighted by Crippen LogP contribution is -2.18. The molecule has 0 aliphatic heterocycles. The Balaban J connectivity index is 2.04.